The molecule has 0 heterocycles. The molecular weight excluding hydrogens is 142 g/mol. The SMILES string of the molecule is CCC(C)(C#N)C(O)COC. The van der Waals surface area contributed by atoms with Crippen LogP contribution in [0.25, 0.3) is 0 Å². The van der Waals surface area contributed by atoms with Gasteiger partial charge in [-0.15, -0.1) is 0 Å². The molecule has 0 bridgehead atoms. The van der Waals surface area contributed by atoms with Crippen molar-refractivity contribution in [2.45, 2.75) is 26.4 Å². The lowest BCUT2D eigenvalue weighted by atomic mass is 9.83. The molecule has 64 valence electrons. The monoisotopic (exact) mass is 157 g/mol. The van der Waals surface area contributed by atoms with Gasteiger partial charge in [-0.3, -0.25) is 0 Å². The molecule has 0 saturated heterocycles. The molecule has 11 heavy (non-hydrogen) atoms. The van der Waals surface area contributed by atoms with Crippen LogP contribution in [0.5, 0.6) is 0 Å². The summed E-state index contributed by atoms with van der Waals surface area (Å²) < 4.78 is 4.75. The van der Waals surface area contributed by atoms with Crippen molar-refractivity contribution in [3.8, 4) is 6.07 Å². The molecular formula is C8H15NO2. The van der Waals surface area contributed by atoms with Gasteiger partial charge in [0.05, 0.1) is 24.2 Å². The quantitative estimate of drug-likeness (QED) is 0.660. The fourth-order valence-electron chi connectivity index (χ4n) is 0.731. The second-order valence-electron chi connectivity index (χ2n) is 2.85. The maximum absolute atomic E-state index is 9.42. The van der Waals surface area contributed by atoms with Crippen molar-refractivity contribution in [1.82, 2.24) is 0 Å². The zero-order valence-electron chi connectivity index (χ0n) is 7.29. The van der Waals surface area contributed by atoms with E-state index in [4.69, 9.17) is 10.00 Å². The summed E-state index contributed by atoms with van der Waals surface area (Å²) in [5, 5.41) is 18.1. The van der Waals surface area contributed by atoms with Gasteiger partial charge in [-0.1, -0.05) is 6.92 Å². The number of hydrogen-bond acceptors (Lipinski definition) is 3. The predicted octanol–water partition coefficient (Wildman–Crippen LogP) is 0.934. The van der Waals surface area contributed by atoms with Crippen LogP contribution in [-0.2, 0) is 4.74 Å². The van der Waals surface area contributed by atoms with Crippen LogP contribution in [0.15, 0.2) is 0 Å². The topological polar surface area (TPSA) is 53.2 Å². The van der Waals surface area contributed by atoms with Crippen LogP contribution in [0, 0.1) is 16.7 Å². The van der Waals surface area contributed by atoms with Crippen molar-refractivity contribution in [2.75, 3.05) is 13.7 Å². The minimum Gasteiger partial charge on any atom is -0.389 e. The van der Waals surface area contributed by atoms with Gasteiger partial charge in [0.25, 0.3) is 0 Å². The van der Waals surface area contributed by atoms with Crippen LogP contribution in [-0.4, -0.2) is 24.9 Å². The van der Waals surface area contributed by atoms with Crippen LogP contribution < -0.4 is 0 Å². The number of ether oxygens (including phenoxy) is 1. The van der Waals surface area contributed by atoms with E-state index in [1.54, 1.807) is 6.92 Å². The summed E-state index contributed by atoms with van der Waals surface area (Å²) in [6.07, 6.45) is -0.0592. The van der Waals surface area contributed by atoms with Crippen molar-refractivity contribution in [1.29, 1.82) is 5.26 Å². The summed E-state index contributed by atoms with van der Waals surface area (Å²) in [6, 6.07) is 2.08. The molecule has 0 radical (unpaired) electrons. The maximum atomic E-state index is 9.42. The largest absolute Gasteiger partial charge is 0.389 e. The van der Waals surface area contributed by atoms with E-state index in [9.17, 15) is 5.11 Å². The highest BCUT2D eigenvalue weighted by atomic mass is 16.5. The van der Waals surface area contributed by atoms with Gasteiger partial charge in [-0.25, -0.2) is 0 Å². The molecule has 1 N–H and O–H groups in total. The van der Waals surface area contributed by atoms with Gasteiger partial charge in [0.1, 0.15) is 0 Å². The Labute approximate surface area is 67.6 Å². The number of nitriles is 1. The lowest BCUT2D eigenvalue weighted by molar-refractivity contribution is 0.00263. The minimum atomic E-state index is -0.692. The molecule has 0 aliphatic carbocycles. The third-order valence-corrected chi connectivity index (χ3v) is 2.05. The van der Waals surface area contributed by atoms with Crippen LogP contribution in [0.2, 0.25) is 0 Å². The van der Waals surface area contributed by atoms with Crippen molar-refractivity contribution in [2.24, 2.45) is 5.41 Å². The summed E-state index contributed by atoms with van der Waals surface area (Å²) >= 11 is 0. The Morgan fingerprint density at radius 1 is 1.73 bits per heavy atom. The van der Waals surface area contributed by atoms with Gasteiger partial charge in [-0.2, -0.15) is 5.26 Å². The Balaban J connectivity index is 4.15. The van der Waals surface area contributed by atoms with Crippen LogP contribution >= 0.6 is 0 Å². The first-order chi connectivity index (χ1) is 5.10. The molecule has 0 fully saturated rings. The lowest BCUT2D eigenvalue weighted by Gasteiger charge is -2.25. The Morgan fingerprint density at radius 2 is 2.27 bits per heavy atom. The highest BCUT2D eigenvalue weighted by Gasteiger charge is 2.30. The zero-order chi connectivity index (χ0) is 8.91. The Kier molecular flexibility index (Phi) is 4.09. The third kappa shape index (κ3) is 2.49. The molecule has 0 aliphatic rings. The van der Waals surface area contributed by atoms with E-state index in [-0.39, 0.29) is 6.61 Å². The fourth-order valence-corrected chi connectivity index (χ4v) is 0.731. The number of nitrogens with zero attached hydrogens (tertiary/aromatic N) is 1. The van der Waals surface area contributed by atoms with E-state index in [2.05, 4.69) is 6.07 Å². The molecule has 0 aromatic heterocycles. The van der Waals surface area contributed by atoms with E-state index < -0.39 is 11.5 Å². The first-order valence-electron chi connectivity index (χ1n) is 3.69. The Hall–Kier alpha value is -0.590. The van der Waals surface area contributed by atoms with Crippen molar-refractivity contribution < 1.29 is 9.84 Å². The third-order valence-electron chi connectivity index (χ3n) is 2.05. The van der Waals surface area contributed by atoms with Gasteiger partial charge >= 0.3 is 0 Å². The first kappa shape index (κ1) is 10.4. The number of hydrogen-bond donors (Lipinski definition) is 1. The van der Waals surface area contributed by atoms with Gasteiger partial charge in [0, 0.05) is 7.11 Å². The molecule has 0 aliphatic heterocycles. The molecule has 3 nitrogen and oxygen atoms in total. The number of aliphatic hydroxyl groups is 1. The molecule has 2 atom stereocenters. The number of aliphatic hydroxyl groups excluding tert-OH is 1. The molecule has 2 unspecified atom stereocenters. The smallest absolute Gasteiger partial charge is 0.0956 e. The molecule has 0 spiro atoms. The van der Waals surface area contributed by atoms with Crippen molar-refractivity contribution >= 4 is 0 Å². The van der Waals surface area contributed by atoms with Crippen molar-refractivity contribution in [3.63, 3.8) is 0 Å². The van der Waals surface area contributed by atoms with Gasteiger partial charge in [0.15, 0.2) is 0 Å². The first-order valence-corrected chi connectivity index (χ1v) is 3.69. The van der Waals surface area contributed by atoms with Gasteiger partial charge < -0.3 is 9.84 Å². The highest BCUT2D eigenvalue weighted by Crippen LogP contribution is 2.24. The van der Waals surface area contributed by atoms with Crippen LogP contribution in [0.4, 0.5) is 0 Å². The predicted molar refractivity (Wildman–Crippen MR) is 41.9 cm³/mol. The summed E-state index contributed by atoms with van der Waals surface area (Å²) in [5.74, 6) is 0. The van der Waals surface area contributed by atoms with Gasteiger partial charge in [-0.05, 0) is 13.3 Å². The average molecular weight is 157 g/mol. The summed E-state index contributed by atoms with van der Waals surface area (Å²) in [6.45, 7) is 3.83. The molecule has 0 amide bonds. The second-order valence-corrected chi connectivity index (χ2v) is 2.85. The second kappa shape index (κ2) is 4.32. The van der Waals surface area contributed by atoms with E-state index >= 15 is 0 Å². The molecule has 0 rings (SSSR count). The summed E-state index contributed by atoms with van der Waals surface area (Å²) in [7, 11) is 1.51. The molecule has 3 heteroatoms. The standard InChI is InChI=1S/C8H15NO2/c1-4-8(2,6-9)7(10)5-11-3/h7,10H,4-5H2,1-3H3. The Morgan fingerprint density at radius 3 is 2.55 bits per heavy atom. The minimum absolute atomic E-state index is 0.220. The van der Waals surface area contributed by atoms with Crippen molar-refractivity contribution in [3.05, 3.63) is 0 Å². The van der Waals surface area contributed by atoms with Crippen LogP contribution in [0.3, 0.4) is 0 Å². The molecule has 0 aromatic carbocycles. The maximum Gasteiger partial charge on any atom is 0.0956 e. The molecule has 0 saturated carbocycles. The lowest BCUT2D eigenvalue weighted by Crippen LogP contribution is -2.33. The van der Waals surface area contributed by atoms with Crippen LogP contribution in [0.1, 0.15) is 20.3 Å². The normalized spacial score (nSPS) is 18.5. The Bertz CT molecular complexity index is 153. The van der Waals surface area contributed by atoms with E-state index in [1.165, 1.54) is 7.11 Å². The van der Waals surface area contributed by atoms with Gasteiger partial charge in [0.2, 0.25) is 0 Å². The summed E-state index contributed by atoms with van der Waals surface area (Å²) in [5.41, 5.74) is -0.671. The zero-order valence-corrected chi connectivity index (χ0v) is 7.29. The number of methoxy groups -OCH3 is 1. The van der Waals surface area contributed by atoms with E-state index in [0.29, 0.717) is 6.42 Å². The molecule has 0 aromatic rings. The highest BCUT2D eigenvalue weighted by molar-refractivity contribution is 4.99. The number of rotatable bonds is 4. The fraction of sp³-hybridized carbons (Fsp3) is 0.875. The van der Waals surface area contributed by atoms with E-state index in [1.807, 2.05) is 6.92 Å². The van der Waals surface area contributed by atoms with E-state index in [0.717, 1.165) is 0 Å². The summed E-state index contributed by atoms with van der Waals surface area (Å²) in [4.78, 5) is 0. The average Bonchev–Trinajstić information content (AvgIpc) is 2.03.